The first-order valence-electron chi connectivity index (χ1n) is 5.03. The summed E-state index contributed by atoms with van der Waals surface area (Å²) >= 11 is 1.09. The van der Waals surface area contributed by atoms with Crippen molar-refractivity contribution < 1.29 is 23.1 Å². The molecule has 0 aromatic carbocycles. The molecule has 0 bridgehead atoms. The molecule has 0 amide bonds. The number of aromatic carboxylic acids is 1. The fourth-order valence-corrected chi connectivity index (χ4v) is 2.62. The van der Waals surface area contributed by atoms with E-state index in [0.29, 0.717) is 6.54 Å². The van der Waals surface area contributed by atoms with Crippen LogP contribution < -0.4 is 5.32 Å². The Hall–Kier alpha value is -0.730. The van der Waals surface area contributed by atoms with Crippen molar-refractivity contribution in [3.8, 4) is 0 Å². The van der Waals surface area contributed by atoms with Gasteiger partial charge in [-0.1, -0.05) is 0 Å². The molecule has 1 aromatic rings. The topological polar surface area (TPSA) is 49.3 Å². The van der Waals surface area contributed by atoms with Crippen molar-refractivity contribution in [3.05, 3.63) is 21.4 Å². The Balaban J connectivity index is 2.33. The van der Waals surface area contributed by atoms with E-state index < -0.39 is 11.5 Å². The maximum absolute atomic E-state index is 11.8. The smallest absolute Gasteiger partial charge is 0.441 e. The minimum Gasteiger partial charge on any atom is -0.477 e. The van der Waals surface area contributed by atoms with E-state index in [-0.39, 0.29) is 28.9 Å². The van der Waals surface area contributed by atoms with E-state index in [0.717, 1.165) is 10.4 Å². The first-order valence-corrected chi connectivity index (χ1v) is 6.84. The number of hydrogen-bond donors (Lipinski definition) is 2. The van der Waals surface area contributed by atoms with Crippen molar-refractivity contribution in [2.75, 3.05) is 12.3 Å². The maximum Gasteiger partial charge on any atom is 0.441 e. The molecular weight excluding hydrogens is 287 g/mol. The van der Waals surface area contributed by atoms with E-state index in [1.807, 2.05) is 0 Å². The zero-order valence-corrected chi connectivity index (χ0v) is 11.1. The molecule has 8 heteroatoms. The van der Waals surface area contributed by atoms with Crippen molar-refractivity contribution in [3.63, 3.8) is 0 Å². The summed E-state index contributed by atoms with van der Waals surface area (Å²) in [6.45, 7) is 2.40. The third-order valence-electron chi connectivity index (χ3n) is 2.09. The van der Waals surface area contributed by atoms with E-state index >= 15 is 0 Å². The summed E-state index contributed by atoms with van der Waals surface area (Å²) in [6, 6.07) is 1.55. The Morgan fingerprint density at radius 1 is 1.56 bits per heavy atom. The molecule has 0 fully saturated rings. The van der Waals surface area contributed by atoms with Gasteiger partial charge in [-0.15, -0.1) is 11.3 Å². The molecule has 0 radical (unpaired) electrons. The van der Waals surface area contributed by atoms with Crippen molar-refractivity contribution in [2.45, 2.75) is 19.0 Å². The average Bonchev–Trinajstić information content (AvgIpc) is 2.58. The Morgan fingerprint density at radius 3 is 2.72 bits per heavy atom. The van der Waals surface area contributed by atoms with E-state index in [9.17, 15) is 18.0 Å². The molecule has 0 aliphatic rings. The van der Waals surface area contributed by atoms with Crippen LogP contribution in [0.2, 0.25) is 0 Å². The second kappa shape index (κ2) is 6.44. The van der Waals surface area contributed by atoms with Crippen LogP contribution in [0.4, 0.5) is 13.2 Å². The fourth-order valence-electron chi connectivity index (χ4n) is 1.26. The molecule has 0 atom stereocenters. The highest BCUT2D eigenvalue weighted by molar-refractivity contribution is 8.00. The lowest BCUT2D eigenvalue weighted by atomic mass is 10.2. The third kappa shape index (κ3) is 5.28. The lowest BCUT2D eigenvalue weighted by Crippen LogP contribution is -2.18. The van der Waals surface area contributed by atoms with Gasteiger partial charge >= 0.3 is 11.5 Å². The summed E-state index contributed by atoms with van der Waals surface area (Å²) in [4.78, 5) is 11.8. The summed E-state index contributed by atoms with van der Waals surface area (Å²) in [6.07, 6.45) is 0. The largest absolute Gasteiger partial charge is 0.477 e. The van der Waals surface area contributed by atoms with Crippen molar-refractivity contribution in [1.82, 2.24) is 5.32 Å². The molecule has 0 aliphatic carbocycles. The van der Waals surface area contributed by atoms with Crippen LogP contribution in [0.15, 0.2) is 6.07 Å². The highest BCUT2D eigenvalue weighted by Crippen LogP contribution is 2.29. The minimum absolute atomic E-state index is 0.0571. The number of carboxylic acid groups (broad SMARTS) is 1. The number of rotatable bonds is 6. The van der Waals surface area contributed by atoms with Gasteiger partial charge in [0.2, 0.25) is 0 Å². The number of hydrogen-bond acceptors (Lipinski definition) is 4. The monoisotopic (exact) mass is 299 g/mol. The molecule has 0 aliphatic heterocycles. The normalized spacial score (nSPS) is 11.8. The van der Waals surface area contributed by atoms with Crippen LogP contribution in [0.3, 0.4) is 0 Å². The van der Waals surface area contributed by atoms with Gasteiger partial charge in [-0.25, -0.2) is 4.79 Å². The maximum atomic E-state index is 11.8. The summed E-state index contributed by atoms with van der Waals surface area (Å²) in [7, 11) is 0. The molecule has 1 aromatic heterocycles. The molecule has 0 saturated heterocycles. The third-order valence-corrected chi connectivity index (χ3v) is 3.91. The van der Waals surface area contributed by atoms with Gasteiger partial charge in [-0.2, -0.15) is 13.2 Å². The first kappa shape index (κ1) is 15.3. The number of thioether (sulfide) groups is 1. The average molecular weight is 299 g/mol. The Bertz CT molecular complexity index is 418. The van der Waals surface area contributed by atoms with Crippen LogP contribution in [-0.4, -0.2) is 28.9 Å². The second-order valence-electron chi connectivity index (χ2n) is 3.47. The van der Waals surface area contributed by atoms with Crippen molar-refractivity contribution in [2.24, 2.45) is 0 Å². The zero-order chi connectivity index (χ0) is 13.8. The molecule has 0 saturated carbocycles. The van der Waals surface area contributed by atoms with Gasteiger partial charge in [-0.3, -0.25) is 0 Å². The minimum atomic E-state index is -4.20. The van der Waals surface area contributed by atoms with Crippen LogP contribution in [0.1, 0.15) is 20.1 Å². The molecule has 0 spiro atoms. The lowest BCUT2D eigenvalue weighted by molar-refractivity contribution is -0.0327. The molecule has 2 N–H and O–H groups in total. The molecule has 1 heterocycles. The van der Waals surface area contributed by atoms with Crippen molar-refractivity contribution in [1.29, 1.82) is 0 Å². The van der Waals surface area contributed by atoms with E-state index in [4.69, 9.17) is 5.11 Å². The Morgan fingerprint density at radius 2 is 2.22 bits per heavy atom. The van der Waals surface area contributed by atoms with Crippen LogP contribution in [0.25, 0.3) is 0 Å². The quantitative estimate of drug-likeness (QED) is 0.793. The SMILES string of the molecule is Cc1sc(C(=O)O)cc1CNCCSC(F)(F)F. The van der Waals surface area contributed by atoms with Gasteiger partial charge in [0.1, 0.15) is 4.88 Å². The standard InChI is InChI=1S/C10H12F3NO2S2/c1-6-7(4-8(18-6)9(15)16)5-14-2-3-17-10(11,12)13/h4,14H,2-3,5H2,1H3,(H,15,16). The van der Waals surface area contributed by atoms with Crippen LogP contribution >= 0.6 is 23.1 Å². The van der Waals surface area contributed by atoms with Gasteiger partial charge < -0.3 is 10.4 Å². The molecular formula is C10H12F3NO2S2. The zero-order valence-electron chi connectivity index (χ0n) is 9.50. The second-order valence-corrected chi connectivity index (χ2v) is 5.88. The Labute approximate surface area is 110 Å². The number of carboxylic acids is 1. The van der Waals surface area contributed by atoms with Gasteiger partial charge in [0.25, 0.3) is 0 Å². The van der Waals surface area contributed by atoms with Crippen molar-refractivity contribution >= 4 is 29.1 Å². The number of nitrogens with one attached hydrogen (secondary N) is 1. The molecule has 3 nitrogen and oxygen atoms in total. The molecule has 1 rings (SSSR count). The highest BCUT2D eigenvalue weighted by Gasteiger charge is 2.27. The molecule has 0 unspecified atom stereocenters. The highest BCUT2D eigenvalue weighted by atomic mass is 32.2. The van der Waals surface area contributed by atoms with E-state index in [1.165, 1.54) is 11.3 Å². The summed E-state index contributed by atoms with van der Waals surface area (Å²) in [5, 5.41) is 11.6. The predicted octanol–water partition coefficient (Wildman–Crippen LogP) is 3.10. The van der Waals surface area contributed by atoms with Gasteiger partial charge in [0, 0.05) is 23.7 Å². The number of aryl methyl sites for hydroxylation is 1. The van der Waals surface area contributed by atoms with Gasteiger partial charge in [0.05, 0.1) is 0 Å². The summed E-state index contributed by atoms with van der Waals surface area (Å²) in [5.41, 5.74) is -3.38. The van der Waals surface area contributed by atoms with Gasteiger partial charge in [0.15, 0.2) is 0 Å². The molecule has 18 heavy (non-hydrogen) atoms. The van der Waals surface area contributed by atoms with Crippen LogP contribution in [0.5, 0.6) is 0 Å². The van der Waals surface area contributed by atoms with Gasteiger partial charge in [-0.05, 0) is 30.3 Å². The number of halogens is 3. The van der Waals surface area contributed by atoms with E-state index in [1.54, 1.807) is 13.0 Å². The van der Waals surface area contributed by atoms with Crippen LogP contribution in [-0.2, 0) is 6.54 Å². The molecule has 102 valence electrons. The summed E-state index contributed by atoms with van der Waals surface area (Å²) < 4.78 is 35.5. The first-order chi connectivity index (χ1) is 8.29. The lowest BCUT2D eigenvalue weighted by Gasteiger charge is -2.06. The van der Waals surface area contributed by atoms with E-state index in [2.05, 4.69) is 5.32 Å². The summed E-state index contributed by atoms with van der Waals surface area (Å²) in [5.74, 6) is -1.04. The number of carbonyl (C=O) groups is 1. The van der Waals surface area contributed by atoms with Crippen LogP contribution in [0, 0.1) is 6.92 Å². The Kier molecular flexibility index (Phi) is 5.48. The fraction of sp³-hybridized carbons (Fsp3) is 0.500. The predicted molar refractivity (Wildman–Crippen MR) is 66.2 cm³/mol. The number of thiophene rings is 1. The number of alkyl halides is 3.